The van der Waals surface area contributed by atoms with Gasteiger partial charge in [0, 0.05) is 32.7 Å². The Morgan fingerprint density at radius 2 is 2.00 bits per heavy atom. The van der Waals surface area contributed by atoms with Crippen LogP contribution in [0.2, 0.25) is 5.02 Å². The van der Waals surface area contributed by atoms with Crippen LogP contribution in [0.5, 0.6) is 0 Å². The van der Waals surface area contributed by atoms with E-state index in [1.807, 2.05) is 0 Å². The Morgan fingerprint density at radius 3 is 2.63 bits per heavy atom. The molecule has 0 aromatic heterocycles. The number of aliphatic hydroxyl groups is 1. The first-order valence-electron chi connectivity index (χ1n) is 6.20. The Morgan fingerprint density at radius 1 is 1.32 bits per heavy atom. The maximum atomic E-state index is 13.3. The Labute approximate surface area is 116 Å². The van der Waals surface area contributed by atoms with E-state index in [1.165, 1.54) is 18.2 Å². The molecule has 0 saturated carbocycles. The minimum Gasteiger partial charge on any atom is -0.395 e. The SMILES string of the molecule is O=C(c1cccc(F)c1Cl)N1CCN(CCO)CC1. The highest BCUT2D eigenvalue weighted by molar-refractivity contribution is 6.34. The number of piperazine rings is 1. The molecule has 1 aliphatic rings. The molecule has 0 unspecified atom stereocenters. The normalized spacial score (nSPS) is 16.7. The summed E-state index contributed by atoms with van der Waals surface area (Å²) in [5.74, 6) is -0.820. The van der Waals surface area contributed by atoms with E-state index in [-0.39, 0.29) is 23.1 Å². The molecule has 1 fully saturated rings. The zero-order valence-corrected chi connectivity index (χ0v) is 11.2. The van der Waals surface area contributed by atoms with Crippen molar-refractivity contribution in [2.75, 3.05) is 39.3 Å². The third-order valence-corrected chi connectivity index (χ3v) is 3.64. The first-order chi connectivity index (χ1) is 9.13. The second-order valence-electron chi connectivity index (χ2n) is 4.46. The smallest absolute Gasteiger partial charge is 0.255 e. The van der Waals surface area contributed by atoms with Crippen LogP contribution in [0.15, 0.2) is 18.2 Å². The molecule has 0 aliphatic carbocycles. The largest absolute Gasteiger partial charge is 0.395 e. The molecule has 0 radical (unpaired) electrons. The number of aliphatic hydroxyl groups excluding tert-OH is 1. The van der Waals surface area contributed by atoms with E-state index in [1.54, 1.807) is 4.90 Å². The number of rotatable bonds is 3. The van der Waals surface area contributed by atoms with Gasteiger partial charge in [0.25, 0.3) is 5.91 Å². The molecule has 0 atom stereocenters. The van der Waals surface area contributed by atoms with E-state index in [2.05, 4.69) is 4.90 Å². The van der Waals surface area contributed by atoms with E-state index >= 15 is 0 Å². The molecule has 1 heterocycles. The summed E-state index contributed by atoms with van der Waals surface area (Å²) in [6.07, 6.45) is 0. The number of hydrogen-bond acceptors (Lipinski definition) is 3. The summed E-state index contributed by atoms with van der Waals surface area (Å²) in [7, 11) is 0. The van der Waals surface area contributed by atoms with E-state index in [4.69, 9.17) is 16.7 Å². The molecule has 1 saturated heterocycles. The zero-order valence-electron chi connectivity index (χ0n) is 10.5. The highest BCUT2D eigenvalue weighted by atomic mass is 35.5. The number of carbonyl (C=O) groups excluding carboxylic acids is 1. The van der Waals surface area contributed by atoms with Gasteiger partial charge in [0.1, 0.15) is 5.82 Å². The monoisotopic (exact) mass is 286 g/mol. The van der Waals surface area contributed by atoms with Crippen molar-refractivity contribution in [1.82, 2.24) is 9.80 Å². The number of hydrogen-bond donors (Lipinski definition) is 1. The van der Waals surface area contributed by atoms with Crippen LogP contribution in [0.3, 0.4) is 0 Å². The van der Waals surface area contributed by atoms with Crippen molar-refractivity contribution in [3.05, 3.63) is 34.6 Å². The van der Waals surface area contributed by atoms with Crippen molar-refractivity contribution >= 4 is 17.5 Å². The van der Waals surface area contributed by atoms with Gasteiger partial charge in [-0.25, -0.2) is 4.39 Å². The van der Waals surface area contributed by atoms with Gasteiger partial charge < -0.3 is 10.0 Å². The molecule has 104 valence electrons. The van der Waals surface area contributed by atoms with Crippen molar-refractivity contribution in [2.24, 2.45) is 0 Å². The highest BCUT2D eigenvalue weighted by Gasteiger charge is 2.24. The average Bonchev–Trinajstić information content (AvgIpc) is 2.42. The van der Waals surface area contributed by atoms with Crippen LogP contribution in [-0.2, 0) is 0 Å². The van der Waals surface area contributed by atoms with Crippen molar-refractivity contribution in [3.63, 3.8) is 0 Å². The fraction of sp³-hybridized carbons (Fsp3) is 0.462. The molecule has 1 amide bonds. The summed E-state index contributed by atoms with van der Waals surface area (Å²) in [6.45, 7) is 3.27. The van der Waals surface area contributed by atoms with Gasteiger partial charge in [0.05, 0.1) is 17.2 Å². The minimum atomic E-state index is -0.577. The maximum Gasteiger partial charge on any atom is 0.255 e. The molecule has 19 heavy (non-hydrogen) atoms. The predicted molar refractivity (Wildman–Crippen MR) is 70.8 cm³/mol. The molecule has 1 aromatic carbocycles. The second kappa shape index (κ2) is 6.32. The lowest BCUT2D eigenvalue weighted by molar-refractivity contribution is 0.0614. The molecule has 6 heteroatoms. The van der Waals surface area contributed by atoms with Gasteiger partial charge in [-0.15, -0.1) is 0 Å². The van der Waals surface area contributed by atoms with Crippen LogP contribution in [0.25, 0.3) is 0 Å². The number of benzene rings is 1. The second-order valence-corrected chi connectivity index (χ2v) is 4.84. The van der Waals surface area contributed by atoms with Crippen molar-refractivity contribution in [3.8, 4) is 0 Å². The summed E-state index contributed by atoms with van der Waals surface area (Å²) in [5, 5.41) is 8.74. The van der Waals surface area contributed by atoms with Gasteiger partial charge in [-0.1, -0.05) is 17.7 Å². The van der Waals surface area contributed by atoms with Gasteiger partial charge in [-0.05, 0) is 12.1 Å². The molecular formula is C13H16ClFN2O2. The van der Waals surface area contributed by atoms with Crippen molar-refractivity contribution in [1.29, 1.82) is 0 Å². The van der Waals surface area contributed by atoms with Gasteiger partial charge in [0.2, 0.25) is 0 Å². The summed E-state index contributed by atoms with van der Waals surface area (Å²) in [6, 6.07) is 4.25. The summed E-state index contributed by atoms with van der Waals surface area (Å²) >= 11 is 5.82. The molecule has 2 rings (SSSR count). The fourth-order valence-corrected chi connectivity index (χ4v) is 2.36. The topological polar surface area (TPSA) is 43.8 Å². The first kappa shape index (κ1) is 14.2. The molecule has 4 nitrogen and oxygen atoms in total. The standard InChI is InChI=1S/C13H16ClFN2O2/c14-12-10(2-1-3-11(12)15)13(19)17-6-4-16(5-7-17)8-9-18/h1-3,18H,4-9H2. The van der Waals surface area contributed by atoms with Gasteiger partial charge >= 0.3 is 0 Å². The first-order valence-corrected chi connectivity index (χ1v) is 6.58. The summed E-state index contributed by atoms with van der Waals surface area (Å²) < 4.78 is 13.3. The lowest BCUT2D eigenvalue weighted by Gasteiger charge is -2.34. The molecular weight excluding hydrogens is 271 g/mol. The van der Waals surface area contributed by atoms with Crippen LogP contribution >= 0.6 is 11.6 Å². The molecule has 1 aromatic rings. The number of carbonyl (C=O) groups is 1. The van der Waals surface area contributed by atoms with Crippen LogP contribution in [0.1, 0.15) is 10.4 Å². The Bertz CT molecular complexity index is 462. The van der Waals surface area contributed by atoms with E-state index in [0.717, 1.165) is 0 Å². The predicted octanol–water partition coefficient (Wildman–Crippen LogP) is 1.23. The van der Waals surface area contributed by atoms with Gasteiger partial charge in [-0.3, -0.25) is 9.69 Å². The molecule has 1 aliphatic heterocycles. The highest BCUT2D eigenvalue weighted by Crippen LogP contribution is 2.21. The van der Waals surface area contributed by atoms with Crippen LogP contribution in [0.4, 0.5) is 4.39 Å². The molecule has 0 bridgehead atoms. The van der Waals surface area contributed by atoms with Gasteiger partial charge in [-0.2, -0.15) is 0 Å². The lowest BCUT2D eigenvalue weighted by Crippen LogP contribution is -2.49. The quantitative estimate of drug-likeness (QED) is 0.909. The number of β-amino-alcohol motifs (C(OH)–C–C–N with tert-alkyl or cyclic N) is 1. The van der Waals surface area contributed by atoms with E-state index in [0.29, 0.717) is 32.7 Å². The third-order valence-electron chi connectivity index (χ3n) is 3.26. The molecule has 1 N–H and O–H groups in total. The van der Waals surface area contributed by atoms with Crippen molar-refractivity contribution < 1.29 is 14.3 Å². The van der Waals surface area contributed by atoms with Crippen LogP contribution < -0.4 is 0 Å². The summed E-state index contributed by atoms with van der Waals surface area (Å²) in [4.78, 5) is 16.0. The average molecular weight is 287 g/mol. The van der Waals surface area contributed by atoms with Crippen molar-refractivity contribution in [2.45, 2.75) is 0 Å². The lowest BCUT2D eigenvalue weighted by atomic mass is 10.1. The number of halogens is 2. The fourth-order valence-electron chi connectivity index (χ4n) is 2.16. The Hall–Kier alpha value is -1.17. The number of nitrogens with zero attached hydrogens (tertiary/aromatic N) is 2. The molecule has 0 spiro atoms. The maximum absolute atomic E-state index is 13.3. The minimum absolute atomic E-state index is 0.115. The third kappa shape index (κ3) is 3.23. The van der Waals surface area contributed by atoms with E-state index in [9.17, 15) is 9.18 Å². The van der Waals surface area contributed by atoms with E-state index < -0.39 is 5.82 Å². The van der Waals surface area contributed by atoms with Crippen LogP contribution in [0, 0.1) is 5.82 Å². The zero-order chi connectivity index (χ0) is 13.8. The van der Waals surface area contributed by atoms with Crippen LogP contribution in [-0.4, -0.2) is 60.1 Å². The Kier molecular flexibility index (Phi) is 4.74. The summed E-state index contributed by atoms with van der Waals surface area (Å²) in [5.41, 5.74) is 0.206. The number of amides is 1. The van der Waals surface area contributed by atoms with Gasteiger partial charge in [0.15, 0.2) is 0 Å². The Balaban J connectivity index is 2.03.